The first kappa shape index (κ1) is 9.42. The number of rotatable bonds is 0. The summed E-state index contributed by atoms with van der Waals surface area (Å²) >= 11 is 0. The molecular weight excluding hydrogens is 147 g/mol. The average molecular weight is 156 g/mol. The van der Waals surface area contributed by atoms with Crippen molar-refractivity contribution in [3.8, 4) is 5.75 Å². The summed E-state index contributed by atoms with van der Waals surface area (Å²) in [4.78, 5) is 0. The van der Waals surface area contributed by atoms with Gasteiger partial charge in [0, 0.05) is 6.07 Å². The van der Waals surface area contributed by atoms with Crippen LogP contribution in [0.15, 0.2) is 24.3 Å². The highest BCUT2D eigenvalue weighted by atomic mass is 19.1. The summed E-state index contributed by atoms with van der Waals surface area (Å²) in [7, 11) is 0. The summed E-state index contributed by atoms with van der Waals surface area (Å²) in [5, 5.41) is 14.4. The molecule has 0 saturated carbocycles. The van der Waals surface area contributed by atoms with E-state index in [0.29, 0.717) is 0 Å². The summed E-state index contributed by atoms with van der Waals surface area (Å²) in [5.74, 6) is -0.449. The van der Waals surface area contributed by atoms with Gasteiger partial charge in [0.2, 0.25) is 0 Å². The summed E-state index contributed by atoms with van der Waals surface area (Å²) in [5.41, 5.74) is 4.39. The van der Waals surface area contributed by atoms with Gasteiger partial charge >= 0.3 is 0 Å². The second-order valence-corrected chi connectivity index (χ2v) is 1.65. The Bertz CT molecular complexity index is 210. The Morgan fingerprint density at radius 3 is 2.36 bits per heavy atom. The Kier molecular flexibility index (Phi) is 4.47. The molecule has 4 heteroatoms. The van der Waals surface area contributed by atoms with E-state index in [4.69, 9.17) is 10.5 Å². The molecule has 3 nitrogen and oxygen atoms in total. The smallest absolute Gasteiger partial charge is 0.126 e. The van der Waals surface area contributed by atoms with E-state index >= 15 is 0 Å². The lowest BCUT2D eigenvalue weighted by Crippen LogP contribution is -1.81. The minimum Gasteiger partial charge on any atom is -0.508 e. The Balaban J connectivity index is 0.000000292. The van der Waals surface area contributed by atoms with Crippen molar-refractivity contribution in [3.05, 3.63) is 30.1 Å². The van der Waals surface area contributed by atoms with Crippen molar-refractivity contribution in [2.24, 2.45) is 5.73 Å². The van der Waals surface area contributed by atoms with E-state index in [-0.39, 0.29) is 5.75 Å². The van der Waals surface area contributed by atoms with Crippen LogP contribution in [-0.4, -0.2) is 11.4 Å². The molecule has 0 aliphatic heterocycles. The van der Waals surface area contributed by atoms with E-state index in [0.717, 1.165) is 12.4 Å². The third kappa shape index (κ3) is 4.90. The van der Waals surface area contributed by atoms with Crippen LogP contribution in [0.1, 0.15) is 0 Å². The van der Waals surface area contributed by atoms with Crippen molar-refractivity contribution >= 4 is 6.34 Å². The van der Waals surface area contributed by atoms with Crippen LogP contribution in [-0.2, 0) is 0 Å². The van der Waals surface area contributed by atoms with Gasteiger partial charge in [-0.15, -0.1) is 0 Å². The molecule has 0 spiro atoms. The second-order valence-electron chi connectivity index (χ2n) is 1.65. The summed E-state index contributed by atoms with van der Waals surface area (Å²) in [6.07, 6.45) is 0.750. The van der Waals surface area contributed by atoms with Gasteiger partial charge in [0.1, 0.15) is 11.6 Å². The van der Waals surface area contributed by atoms with Gasteiger partial charge < -0.3 is 10.8 Å². The fourth-order valence-corrected chi connectivity index (χ4v) is 0.476. The van der Waals surface area contributed by atoms with E-state index in [9.17, 15) is 4.39 Å². The Labute approximate surface area is 63.8 Å². The van der Waals surface area contributed by atoms with Crippen molar-refractivity contribution in [2.45, 2.75) is 0 Å². The van der Waals surface area contributed by atoms with Gasteiger partial charge in [0.15, 0.2) is 0 Å². The van der Waals surface area contributed by atoms with Crippen molar-refractivity contribution < 1.29 is 9.50 Å². The molecule has 4 N–H and O–H groups in total. The van der Waals surface area contributed by atoms with E-state index in [1.54, 1.807) is 0 Å². The average Bonchev–Trinajstić information content (AvgIpc) is 1.88. The number of phenols is 1. The zero-order chi connectivity index (χ0) is 8.69. The molecule has 0 aliphatic rings. The first-order valence-corrected chi connectivity index (χ1v) is 2.86. The van der Waals surface area contributed by atoms with Crippen LogP contribution < -0.4 is 5.73 Å². The summed E-state index contributed by atoms with van der Waals surface area (Å²) in [6.45, 7) is 0. The Morgan fingerprint density at radius 1 is 1.55 bits per heavy atom. The van der Waals surface area contributed by atoms with Crippen LogP contribution in [0.2, 0.25) is 0 Å². The van der Waals surface area contributed by atoms with Gasteiger partial charge in [-0.3, -0.25) is 5.41 Å². The number of nitrogens with two attached hydrogens (primary N) is 1. The van der Waals surface area contributed by atoms with Gasteiger partial charge in [0.25, 0.3) is 0 Å². The quantitative estimate of drug-likeness (QED) is 0.388. The number of halogens is 1. The number of nitrogens with one attached hydrogen (secondary N) is 1. The van der Waals surface area contributed by atoms with Crippen LogP contribution in [0, 0.1) is 11.2 Å². The zero-order valence-electron chi connectivity index (χ0n) is 5.79. The van der Waals surface area contributed by atoms with Crippen molar-refractivity contribution in [1.29, 1.82) is 5.41 Å². The Morgan fingerprint density at radius 2 is 2.09 bits per heavy atom. The SMILES string of the molecule is N=CN.Oc1cccc(F)c1. The topological polar surface area (TPSA) is 70.1 Å². The number of hydrogen-bond acceptors (Lipinski definition) is 2. The maximum absolute atomic E-state index is 12.0. The van der Waals surface area contributed by atoms with Gasteiger partial charge in [-0.05, 0) is 12.1 Å². The molecule has 1 aromatic rings. The number of benzene rings is 1. The fourth-order valence-electron chi connectivity index (χ4n) is 0.476. The summed E-state index contributed by atoms with van der Waals surface area (Å²) in [6, 6.07) is 5.20. The van der Waals surface area contributed by atoms with E-state index in [1.165, 1.54) is 18.2 Å². The van der Waals surface area contributed by atoms with Gasteiger partial charge in [-0.1, -0.05) is 6.07 Å². The Hall–Kier alpha value is -1.58. The van der Waals surface area contributed by atoms with Crippen LogP contribution in [0.25, 0.3) is 0 Å². The lowest BCUT2D eigenvalue weighted by molar-refractivity contribution is 0.469. The third-order valence-electron chi connectivity index (χ3n) is 0.808. The molecule has 0 radical (unpaired) electrons. The van der Waals surface area contributed by atoms with Gasteiger partial charge in [0.05, 0.1) is 6.34 Å². The van der Waals surface area contributed by atoms with E-state index < -0.39 is 5.82 Å². The lowest BCUT2D eigenvalue weighted by atomic mass is 10.3. The lowest BCUT2D eigenvalue weighted by Gasteiger charge is -1.86. The monoisotopic (exact) mass is 156 g/mol. The van der Waals surface area contributed by atoms with Crippen molar-refractivity contribution in [1.82, 2.24) is 0 Å². The highest BCUT2D eigenvalue weighted by Crippen LogP contribution is 2.07. The maximum Gasteiger partial charge on any atom is 0.126 e. The molecule has 0 atom stereocenters. The zero-order valence-corrected chi connectivity index (χ0v) is 5.79. The molecule has 60 valence electrons. The van der Waals surface area contributed by atoms with Crippen LogP contribution in [0.5, 0.6) is 5.75 Å². The van der Waals surface area contributed by atoms with E-state index in [2.05, 4.69) is 5.73 Å². The second kappa shape index (κ2) is 5.22. The first-order valence-electron chi connectivity index (χ1n) is 2.86. The predicted molar refractivity (Wildman–Crippen MR) is 41.0 cm³/mol. The highest BCUT2D eigenvalue weighted by Gasteiger charge is 1.86. The molecule has 0 unspecified atom stereocenters. The van der Waals surface area contributed by atoms with E-state index in [1.807, 2.05) is 0 Å². The summed E-state index contributed by atoms with van der Waals surface area (Å²) < 4.78 is 12.0. The highest BCUT2D eigenvalue weighted by molar-refractivity contribution is 5.46. The fraction of sp³-hybridized carbons (Fsp3) is 0. The minimum absolute atomic E-state index is 0.0370. The standard InChI is InChI=1S/C6H5FO.CH4N2/c7-5-2-1-3-6(8)4-5;2-1-3/h1-4,8H;1H,(H3,2,3). The molecule has 0 aromatic heterocycles. The molecule has 0 saturated heterocycles. The van der Waals surface area contributed by atoms with Gasteiger partial charge in [-0.25, -0.2) is 4.39 Å². The maximum atomic E-state index is 12.0. The molecule has 1 rings (SSSR count). The van der Waals surface area contributed by atoms with Crippen LogP contribution in [0.4, 0.5) is 4.39 Å². The predicted octanol–water partition coefficient (Wildman–Crippen LogP) is 1.08. The number of aromatic hydroxyl groups is 1. The van der Waals surface area contributed by atoms with Crippen molar-refractivity contribution in [3.63, 3.8) is 0 Å². The molecule has 0 bridgehead atoms. The first-order chi connectivity index (χ1) is 5.20. The normalized spacial score (nSPS) is 7.73. The largest absolute Gasteiger partial charge is 0.508 e. The number of phenolic OH excluding ortho intramolecular Hbond substituents is 1. The van der Waals surface area contributed by atoms with Crippen LogP contribution >= 0.6 is 0 Å². The molecule has 1 aromatic carbocycles. The third-order valence-corrected chi connectivity index (χ3v) is 0.808. The van der Waals surface area contributed by atoms with Crippen LogP contribution in [0.3, 0.4) is 0 Å². The molecule has 0 fully saturated rings. The molecule has 11 heavy (non-hydrogen) atoms. The molecule has 0 aliphatic carbocycles. The molecular formula is C7H9FN2O. The van der Waals surface area contributed by atoms with Crippen molar-refractivity contribution in [2.75, 3.05) is 0 Å². The number of hydrogen-bond donors (Lipinski definition) is 3. The molecule has 0 heterocycles. The van der Waals surface area contributed by atoms with Gasteiger partial charge in [-0.2, -0.15) is 0 Å². The molecule has 0 amide bonds. The minimum atomic E-state index is -0.412.